The minimum atomic E-state index is -0.855. The first kappa shape index (κ1) is 14.7. The van der Waals surface area contributed by atoms with Crippen molar-refractivity contribution in [1.82, 2.24) is 0 Å². The number of hydrogen-bond acceptors (Lipinski definition) is 1. The summed E-state index contributed by atoms with van der Waals surface area (Å²) in [4.78, 5) is 10.7. The Labute approximate surface area is 110 Å². The summed E-state index contributed by atoms with van der Waals surface area (Å²) >= 11 is 0. The summed E-state index contributed by atoms with van der Waals surface area (Å²) in [7, 11) is 0. The zero-order valence-corrected chi connectivity index (χ0v) is 11.6. The van der Waals surface area contributed by atoms with Gasteiger partial charge in [-0.1, -0.05) is 52.2 Å². The zero-order chi connectivity index (χ0) is 13.5. The van der Waals surface area contributed by atoms with Gasteiger partial charge in [-0.05, 0) is 36.0 Å². The third-order valence-electron chi connectivity index (χ3n) is 3.26. The third kappa shape index (κ3) is 5.35. The molecule has 0 radical (unpaired) electrons. The van der Waals surface area contributed by atoms with Crippen LogP contribution in [0.5, 0.6) is 0 Å². The van der Waals surface area contributed by atoms with E-state index in [9.17, 15) is 4.79 Å². The topological polar surface area (TPSA) is 37.3 Å². The monoisotopic (exact) mass is 248 g/mol. The van der Waals surface area contributed by atoms with Crippen molar-refractivity contribution in [2.75, 3.05) is 0 Å². The van der Waals surface area contributed by atoms with Crippen LogP contribution in [0.3, 0.4) is 0 Å². The van der Waals surface area contributed by atoms with E-state index in [0.717, 1.165) is 12.3 Å². The van der Waals surface area contributed by atoms with Crippen molar-refractivity contribution >= 4 is 5.97 Å². The number of carboxylic acids is 1. The van der Waals surface area contributed by atoms with Crippen molar-refractivity contribution in [2.45, 2.75) is 46.5 Å². The number of carbonyl (C=O) groups is 1. The van der Waals surface area contributed by atoms with Crippen LogP contribution in [0.2, 0.25) is 0 Å². The van der Waals surface area contributed by atoms with Crippen molar-refractivity contribution < 1.29 is 9.90 Å². The van der Waals surface area contributed by atoms with Gasteiger partial charge in [-0.3, -0.25) is 0 Å². The molecule has 2 nitrogen and oxygen atoms in total. The van der Waals surface area contributed by atoms with E-state index in [4.69, 9.17) is 5.11 Å². The quantitative estimate of drug-likeness (QED) is 0.777. The average Bonchev–Trinajstić information content (AvgIpc) is 2.29. The molecule has 0 aliphatic heterocycles. The molecule has 0 aromatic heterocycles. The van der Waals surface area contributed by atoms with E-state index < -0.39 is 5.97 Å². The number of rotatable bonds is 7. The molecule has 0 fully saturated rings. The zero-order valence-electron chi connectivity index (χ0n) is 11.6. The Hall–Kier alpha value is -1.31. The van der Waals surface area contributed by atoms with E-state index in [2.05, 4.69) is 20.8 Å². The molecule has 1 aromatic rings. The molecular formula is C16H24O2. The lowest BCUT2D eigenvalue weighted by molar-refractivity contribution is 0.0697. The fourth-order valence-corrected chi connectivity index (χ4v) is 2.16. The predicted molar refractivity (Wildman–Crippen MR) is 75.0 cm³/mol. The lowest BCUT2D eigenvalue weighted by Crippen LogP contribution is -2.02. The van der Waals surface area contributed by atoms with Crippen molar-refractivity contribution in [1.29, 1.82) is 0 Å². The highest BCUT2D eigenvalue weighted by Crippen LogP contribution is 2.17. The summed E-state index contributed by atoms with van der Waals surface area (Å²) in [5.41, 5.74) is 1.60. The molecule has 0 heterocycles. The first-order valence-corrected chi connectivity index (χ1v) is 6.81. The van der Waals surface area contributed by atoms with Gasteiger partial charge in [-0.2, -0.15) is 0 Å². The van der Waals surface area contributed by atoms with Crippen LogP contribution in [-0.2, 0) is 6.42 Å². The van der Waals surface area contributed by atoms with Gasteiger partial charge in [0.1, 0.15) is 0 Å². The Bertz CT molecular complexity index is 365. The molecule has 18 heavy (non-hydrogen) atoms. The highest BCUT2D eigenvalue weighted by atomic mass is 16.4. The van der Waals surface area contributed by atoms with Gasteiger partial charge in [-0.15, -0.1) is 0 Å². The summed E-state index contributed by atoms with van der Waals surface area (Å²) in [6.45, 7) is 6.79. The summed E-state index contributed by atoms with van der Waals surface area (Å²) in [5.74, 6) is 0.595. The van der Waals surface area contributed by atoms with Gasteiger partial charge < -0.3 is 5.11 Å². The summed E-state index contributed by atoms with van der Waals surface area (Å²) in [6, 6.07) is 7.25. The van der Waals surface area contributed by atoms with Crippen LogP contribution in [0.15, 0.2) is 24.3 Å². The van der Waals surface area contributed by atoms with Gasteiger partial charge in [0.25, 0.3) is 0 Å². The number of benzene rings is 1. The van der Waals surface area contributed by atoms with E-state index in [1.807, 2.05) is 12.1 Å². The Morgan fingerprint density at radius 3 is 2.22 bits per heavy atom. The maximum Gasteiger partial charge on any atom is 0.335 e. The van der Waals surface area contributed by atoms with Crippen LogP contribution in [0.1, 0.15) is 56.0 Å². The summed E-state index contributed by atoms with van der Waals surface area (Å²) < 4.78 is 0. The smallest absolute Gasteiger partial charge is 0.335 e. The summed E-state index contributed by atoms with van der Waals surface area (Å²) in [5, 5.41) is 8.83. The van der Waals surface area contributed by atoms with Crippen LogP contribution in [0, 0.1) is 11.8 Å². The second-order valence-corrected chi connectivity index (χ2v) is 5.64. The Morgan fingerprint density at radius 2 is 1.72 bits per heavy atom. The van der Waals surface area contributed by atoms with Crippen molar-refractivity contribution in [3.8, 4) is 0 Å². The second-order valence-electron chi connectivity index (χ2n) is 5.64. The van der Waals surface area contributed by atoms with Crippen LogP contribution in [0.25, 0.3) is 0 Å². The first-order chi connectivity index (χ1) is 8.49. The maximum absolute atomic E-state index is 10.7. The molecule has 0 saturated heterocycles. The van der Waals surface area contributed by atoms with Gasteiger partial charge in [0, 0.05) is 0 Å². The molecule has 0 spiro atoms. The third-order valence-corrected chi connectivity index (χ3v) is 3.26. The fraction of sp³-hybridized carbons (Fsp3) is 0.562. The van der Waals surface area contributed by atoms with Crippen LogP contribution in [-0.4, -0.2) is 11.1 Å². The average molecular weight is 248 g/mol. The van der Waals surface area contributed by atoms with Crippen LogP contribution < -0.4 is 0 Å². The van der Waals surface area contributed by atoms with E-state index in [-0.39, 0.29) is 0 Å². The second kappa shape index (κ2) is 7.20. The molecule has 0 aliphatic rings. The van der Waals surface area contributed by atoms with Crippen molar-refractivity contribution in [3.63, 3.8) is 0 Å². The van der Waals surface area contributed by atoms with Gasteiger partial charge in [0.05, 0.1) is 5.56 Å². The molecular weight excluding hydrogens is 224 g/mol. The molecule has 1 N–H and O–H groups in total. The minimum Gasteiger partial charge on any atom is -0.478 e. The lowest BCUT2D eigenvalue weighted by Gasteiger charge is -2.12. The van der Waals surface area contributed by atoms with Gasteiger partial charge >= 0.3 is 5.97 Å². The first-order valence-electron chi connectivity index (χ1n) is 6.81. The van der Waals surface area contributed by atoms with Gasteiger partial charge in [0.15, 0.2) is 0 Å². The molecule has 0 amide bonds. The molecule has 1 aromatic carbocycles. The number of hydrogen-bond donors (Lipinski definition) is 1. The minimum absolute atomic E-state index is 0.367. The molecule has 1 atom stereocenters. The van der Waals surface area contributed by atoms with E-state index in [0.29, 0.717) is 11.5 Å². The molecule has 0 unspecified atom stereocenters. The van der Waals surface area contributed by atoms with E-state index >= 15 is 0 Å². The van der Waals surface area contributed by atoms with E-state index in [1.54, 1.807) is 12.1 Å². The standard InChI is InChI=1S/C16H24O2/c1-12(2)5-4-6-13(3)11-14-7-9-15(10-8-14)16(17)18/h7-10,12-13H,4-6,11H2,1-3H3,(H,17,18)/t13-/m1/s1. The largest absolute Gasteiger partial charge is 0.478 e. The maximum atomic E-state index is 10.7. The number of carboxylic acid groups (broad SMARTS) is 1. The number of aromatic carboxylic acids is 1. The molecule has 0 bridgehead atoms. The predicted octanol–water partition coefficient (Wildman–Crippen LogP) is 4.39. The van der Waals surface area contributed by atoms with Crippen molar-refractivity contribution in [2.24, 2.45) is 11.8 Å². The van der Waals surface area contributed by atoms with Crippen LogP contribution >= 0.6 is 0 Å². The van der Waals surface area contributed by atoms with Gasteiger partial charge in [-0.25, -0.2) is 4.79 Å². The molecule has 100 valence electrons. The molecule has 0 saturated carbocycles. The normalized spacial score (nSPS) is 12.7. The SMILES string of the molecule is CC(C)CCC[C@@H](C)Cc1ccc(C(=O)O)cc1. The van der Waals surface area contributed by atoms with E-state index in [1.165, 1.54) is 24.8 Å². The Morgan fingerprint density at radius 1 is 1.11 bits per heavy atom. The fourth-order valence-electron chi connectivity index (χ4n) is 2.16. The Kier molecular flexibility index (Phi) is 5.90. The van der Waals surface area contributed by atoms with Gasteiger partial charge in [0.2, 0.25) is 0 Å². The lowest BCUT2D eigenvalue weighted by atomic mass is 9.94. The molecule has 1 rings (SSSR count). The molecule has 0 aliphatic carbocycles. The van der Waals surface area contributed by atoms with Crippen molar-refractivity contribution in [3.05, 3.63) is 35.4 Å². The Balaban J connectivity index is 2.39. The highest BCUT2D eigenvalue weighted by molar-refractivity contribution is 5.87. The molecule has 2 heteroatoms. The summed E-state index contributed by atoms with van der Waals surface area (Å²) in [6.07, 6.45) is 4.87. The van der Waals surface area contributed by atoms with Crippen LogP contribution in [0.4, 0.5) is 0 Å². The highest BCUT2D eigenvalue weighted by Gasteiger charge is 2.06.